The summed E-state index contributed by atoms with van der Waals surface area (Å²) in [5.74, 6) is -1.08. The Balaban J connectivity index is 2.45. The second-order valence-corrected chi connectivity index (χ2v) is 5.06. The summed E-state index contributed by atoms with van der Waals surface area (Å²) in [6.45, 7) is 2.23. The Bertz CT molecular complexity index is 284. The van der Waals surface area contributed by atoms with E-state index in [0.29, 0.717) is 19.4 Å². The fourth-order valence-corrected chi connectivity index (χ4v) is 2.24. The second kappa shape index (κ2) is 6.00. The van der Waals surface area contributed by atoms with Crippen LogP contribution in [-0.4, -0.2) is 35.2 Å². The molecule has 0 radical (unpaired) electrons. The van der Waals surface area contributed by atoms with E-state index in [0.717, 1.165) is 12.8 Å². The molecule has 5 nitrogen and oxygen atoms in total. The van der Waals surface area contributed by atoms with Crippen LogP contribution in [0.4, 0.5) is 0 Å². The summed E-state index contributed by atoms with van der Waals surface area (Å²) in [5.41, 5.74) is -0.855. The zero-order valence-corrected chi connectivity index (χ0v) is 10.2. The maximum Gasteiger partial charge on any atom is 0.310 e. The molecule has 1 unspecified atom stereocenters. The molecule has 17 heavy (non-hydrogen) atoms. The van der Waals surface area contributed by atoms with Crippen LogP contribution in [0.3, 0.4) is 0 Å². The molecule has 1 aliphatic rings. The molecule has 0 aromatic carbocycles. The molecule has 1 amide bonds. The largest absolute Gasteiger partial charge is 0.481 e. The van der Waals surface area contributed by atoms with E-state index in [1.54, 1.807) is 0 Å². The second-order valence-electron chi connectivity index (χ2n) is 5.06. The SMILES string of the molecule is CC(CO)CNC(=O)CC1(C(=O)O)CCCC1. The molecular formula is C12H21NO4. The summed E-state index contributed by atoms with van der Waals surface area (Å²) in [7, 11) is 0. The summed E-state index contributed by atoms with van der Waals surface area (Å²) in [4.78, 5) is 22.9. The van der Waals surface area contributed by atoms with E-state index in [2.05, 4.69) is 5.32 Å². The summed E-state index contributed by atoms with van der Waals surface area (Å²) in [6, 6.07) is 0. The standard InChI is InChI=1S/C12H21NO4/c1-9(8-14)7-13-10(15)6-12(11(16)17)4-2-3-5-12/h9,14H,2-8H2,1H3,(H,13,15)(H,16,17). The van der Waals surface area contributed by atoms with Gasteiger partial charge in [-0.15, -0.1) is 0 Å². The van der Waals surface area contributed by atoms with Crippen LogP contribution in [0.2, 0.25) is 0 Å². The van der Waals surface area contributed by atoms with Gasteiger partial charge in [-0.05, 0) is 18.8 Å². The molecule has 0 bridgehead atoms. The average Bonchev–Trinajstić information content (AvgIpc) is 2.75. The minimum atomic E-state index is -0.861. The van der Waals surface area contributed by atoms with Crippen LogP contribution in [0.1, 0.15) is 39.0 Å². The van der Waals surface area contributed by atoms with Crippen LogP contribution in [0.5, 0.6) is 0 Å². The van der Waals surface area contributed by atoms with Crippen LogP contribution < -0.4 is 5.32 Å². The number of carbonyl (C=O) groups excluding carboxylic acids is 1. The number of hydrogen-bond donors (Lipinski definition) is 3. The smallest absolute Gasteiger partial charge is 0.310 e. The highest BCUT2D eigenvalue weighted by Gasteiger charge is 2.42. The van der Waals surface area contributed by atoms with Gasteiger partial charge in [-0.2, -0.15) is 0 Å². The van der Waals surface area contributed by atoms with Gasteiger partial charge in [-0.25, -0.2) is 0 Å². The fraction of sp³-hybridized carbons (Fsp3) is 0.833. The van der Waals surface area contributed by atoms with E-state index >= 15 is 0 Å². The van der Waals surface area contributed by atoms with Crippen LogP contribution in [0, 0.1) is 11.3 Å². The lowest BCUT2D eigenvalue weighted by molar-refractivity contribution is -0.151. The van der Waals surface area contributed by atoms with Crippen molar-refractivity contribution < 1.29 is 19.8 Å². The molecule has 0 saturated heterocycles. The topological polar surface area (TPSA) is 86.6 Å². The number of rotatable bonds is 6. The molecule has 98 valence electrons. The normalized spacial score (nSPS) is 19.9. The number of hydrogen-bond acceptors (Lipinski definition) is 3. The minimum absolute atomic E-state index is 0.00306. The van der Waals surface area contributed by atoms with Crippen molar-refractivity contribution in [2.75, 3.05) is 13.2 Å². The lowest BCUT2D eigenvalue weighted by Crippen LogP contribution is -2.37. The Hall–Kier alpha value is -1.10. The third-order valence-corrected chi connectivity index (χ3v) is 3.47. The van der Waals surface area contributed by atoms with Gasteiger partial charge >= 0.3 is 5.97 Å². The van der Waals surface area contributed by atoms with Crippen LogP contribution in [0.15, 0.2) is 0 Å². The first kappa shape index (κ1) is 14.0. The molecule has 1 aliphatic carbocycles. The number of aliphatic hydroxyl groups is 1. The average molecular weight is 243 g/mol. The number of carbonyl (C=O) groups is 2. The van der Waals surface area contributed by atoms with Crippen LogP contribution in [0.25, 0.3) is 0 Å². The van der Waals surface area contributed by atoms with Crippen molar-refractivity contribution in [3.8, 4) is 0 Å². The van der Waals surface area contributed by atoms with Gasteiger partial charge in [-0.1, -0.05) is 19.8 Å². The molecular weight excluding hydrogens is 222 g/mol. The van der Waals surface area contributed by atoms with Crippen molar-refractivity contribution in [3.05, 3.63) is 0 Å². The molecule has 0 aliphatic heterocycles. The molecule has 0 aromatic rings. The number of carboxylic acids is 1. The Morgan fingerprint density at radius 3 is 2.41 bits per heavy atom. The van der Waals surface area contributed by atoms with Gasteiger partial charge in [0.05, 0.1) is 5.41 Å². The first-order valence-corrected chi connectivity index (χ1v) is 6.11. The number of carboxylic acid groups (broad SMARTS) is 1. The van der Waals surface area contributed by atoms with Crippen LogP contribution in [-0.2, 0) is 9.59 Å². The van der Waals surface area contributed by atoms with Gasteiger partial charge < -0.3 is 15.5 Å². The summed E-state index contributed by atoms with van der Waals surface area (Å²) >= 11 is 0. The Morgan fingerprint density at radius 2 is 1.94 bits per heavy atom. The Kier molecular flexibility index (Phi) is 4.93. The first-order chi connectivity index (χ1) is 8.00. The van der Waals surface area contributed by atoms with Crippen molar-refractivity contribution in [3.63, 3.8) is 0 Å². The molecule has 1 saturated carbocycles. The van der Waals surface area contributed by atoms with E-state index in [1.165, 1.54) is 0 Å². The van der Waals surface area contributed by atoms with E-state index in [-0.39, 0.29) is 24.9 Å². The number of nitrogens with one attached hydrogen (secondary N) is 1. The first-order valence-electron chi connectivity index (χ1n) is 6.11. The Morgan fingerprint density at radius 1 is 1.35 bits per heavy atom. The van der Waals surface area contributed by atoms with E-state index in [4.69, 9.17) is 5.11 Å². The molecule has 0 aromatic heterocycles. The Labute approximate surface area is 101 Å². The number of amides is 1. The molecule has 1 atom stereocenters. The highest BCUT2D eigenvalue weighted by Crippen LogP contribution is 2.41. The summed E-state index contributed by atoms with van der Waals surface area (Å²) in [6.07, 6.45) is 3.00. The third-order valence-electron chi connectivity index (χ3n) is 3.47. The van der Waals surface area contributed by atoms with Gasteiger partial charge in [-0.3, -0.25) is 9.59 Å². The van der Waals surface area contributed by atoms with Crippen molar-refractivity contribution in [1.82, 2.24) is 5.32 Å². The molecule has 1 fully saturated rings. The minimum Gasteiger partial charge on any atom is -0.481 e. The maximum absolute atomic E-state index is 11.7. The predicted molar refractivity (Wildman–Crippen MR) is 62.4 cm³/mol. The van der Waals surface area contributed by atoms with Gasteiger partial charge in [0.2, 0.25) is 5.91 Å². The molecule has 5 heteroatoms. The molecule has 0 heterocycles. The zero-order valence-electron chi connectivity index (χ0n) is 10.2. The summed E-state index contributed by atoms with van der Waals surface area (Å²) in [5, 5.41) is 20.7. The predicted octanol–water partition coefficient (Wildman–Crippen LogP) is 0.766. The van der Waals surface area contributed by atoms with E-state index in [9.17, 15) is 14.7 Å². The fourth-order valence-electron chi connectivity index (χ4n) is 2.24. The van der Waals surface area contributed by atoms with Gasteiger partial charge in [0.1, 0.15) is 0 Å². The third kappa shape index (κ3) is 3.70. The zero-order chi connectivity index (χ0) is 12.9. The van der Waals surface area contributed by atoms with Gasteiger partial charge in [0, 0.05) is 19.6 Å². The van der Waals surface area contributed by atoms with E-state index in [1.807, 2.05) is 6.92 Å². The van der Waals surface area contributed by atoms with Gasteiger partial charge in [0.15, 0.2) is 0 Å². The number of aliphatic hydroxyl groups excluding tert-OH is 1. The highest BCUT2D eigenvalue weighted by molar-refractivity contribution is 5.85. The highest BCUT2D eigenvalue weighted by atomic mass is 16.4. The van der Waals surface area contributed by atoms with E-state index < -0.39 is 11.4 Å². The van der Waals surface area contributed by atoms with Crippen LogP contribution >= 0.6 is 0 Å². The van der Waals surface area contributed by atoms with Crippen molar-refractivity contribution in [2.24, 2.45) is 11.3 Å². The van der Waals surface area contributed by atoms with Gasteiger partial charge in [0.25, 0.3) is 0 Å². The lowest BCUT2D eigenvalue weighted by atomic mass is 9.82. The monoisotopic (exact) mass is 243 g/mol. The van der Waals surface area contributed by atoms with Crippen molar-refractivity contribution >= 4 is 11.9 Å². The quantitative estimate of drug-likeness (QED) is 0.643. The maximum atomic E-state index is 11.7. The molecule has 0 spiro atoms. The number of aliphatic carboxylic acids is 1. The van der Waals surface area contributed by atoms with Crippen molar-refractivity contribution in [2.45, 2.75) is 39.0 Å². The summed E-state index contributed by atoms with van der Waals surface area (Å²) < 4.78 is 0. The molecule has 1 rings (SSSR count). The van der Waals surface area contributed by atoms with Crippen molar-refractivity contribution in [1.29, 1.82) is 0 Å². The lowest BCUT2D eigenvalue weighted by Gasteiger charge is -2.23. The molecule has 3 N–H and O–H groups in total.